The number of nitrogens with zero attached hydrogens (tertiary/aromatic N) is 1. The second-order valence-corrected chi connectivity index (χ2v) is 10.0. The van der Waals surface area contributed by atoms with E-state index in [0.29, 0.717) is 0 Å². The maximum absolute atomic E-state index is 5.93. The van der Waals surface area contributed by atoms with Gasteiger partial charge in [-0.05, 0) is 71.0 Å². The molecule has 0 spiro atoms. The topological polar surface area (TPSA) is 21.7 Å². The van der Waals surface area contributed by atoms with Gasteiger partial charge in [-0.2, -0.15) is 0 Å². The van der Waals surface area contributed by atoms with Gasteiger partial charge < -0.3 is 9.47 Å². The highest BCUT2D eigenvalue weighted by Crippen LogP contribution is 2.42. The minimum absolute atomic E-state index is 0.261. The molecule has 1 fully saturated rings. The number of morpholine rings is 1. The van der Waals surface area contributed by atoms with E-state index >= 15 is 0 Å². The van der Waals surface area contributed by atoms with Gasteiger partial charge in [0, 0.05) is 24.5 Å². The van der Waals surface area contributed by atoms with Gasteiger partial charge in [0.2, 0.25) is 0 Å². The Labute approximate surface area is 185 Å². The van der Waals surface area contributed by atoms with E-state index in [-0.39, 0.29) is 5.41 Å². The van der Waals surface area contributed by atoms with Crippen molar-refractivity contribution in [3.8, 4) is 5.75 Å². The van der Waals surface area contributed by atoms with Crippen molar-refractivity contribution in [1.82, 2.24) is 4.90 Å². The van der Waals surface area contributed by atoms with Gasteiger partial charge in [0.1, 0.15) is 12.4 Å². The van der Waals surface area contributed by atoms with Gasteiger partial charge >= 0.3 is 0 Å². The Morgan fingerprint density at radius 2 is 1.90 bits per heavy atom. The number of allylic oxidation sites excluding steroid dienone is 1. The summed E-state index contributed by atoms with van der Waals surface area (Å²) in [5.41, 5.74) is 5.57. The molecule has 4 rings (SSSR count). The first-order valence-corrected chi connectivity index (χ1v) is 12.0. The summed E-state index contributed by atoms with van der Waals surface area (Å²) in [5.74, 6) is 2.15. The lowest BCUT2D eigenvalue weighted by molar-refractivity contribution is 0.0322. The molecule has 0 radical (unpaired) electrons. The van der Waals surface area contributed by atoms with Crippen LogP contribution in [0.1, 0.15) is 43.9 Å². The fraction of sp³-hybridized carbons (Fsp3) is 0.462. The summed E-state index contributed by atoms with van der Waals surface area (Å²) in [6.07, 6.45) is 3.51. The van der Waals surface area contributed by atoms with Crippen LogP contribution in [0.2, 0.25) is 0 Å². The summed E-state index contributed by atoms with van der Waals surface area (Å²) in [5, 5.41) is 0. The summed E-state index contributed by atoms with van der Waals surface area (Å²) in [4.78, 5) is 3.84. The minimum Gasteiger partial charge on any atom is -0.492 e. The molecule has 0 aromatic heterocycles. The quantitative estimate of drug-likeness (QED) is 0.553. The van der Waals surface area contributed by atoms with E-state index in [9.17, 15) is 0 Å². The first-order valence-electron chi connectivity index (χ1n) is 11.0. The number of thioether (sulfide) groups is 1. The SMILES string of the molecule is CC(=Cc1ccc(OCCN2CCOCC2)cc1)c1ccc2c(c1)C(C)(C)CCS2. The average molecular weight is 424 g/mol. The zero-order valence-corrected chi connectivity index (χ0v) is 19.3. The summed E-state index contributed by atoms with van der Waals surface area (Å²) < 4.78 is 11.3. The minimum atomic E-state index is 0.261. The second kappa shape index (κ2) is 9.59. The van der Waals surface area contributed by atoms with Gasteiger partial charge in [0.25, 0.3) is 0 Å². The highest BCUT2D eigenvalue weighted by Gasteiger charge is 2.27. The monoisotopic (exact) mass is 423 g/mol. The van der Waals surface area contributed by atoms with E-state index < -0.39 is 0 Å². The second-order valence-electron chi connectivity index (χ2n) is 8.89. The lowest BCUT2D eigenvalue weighted by Crippen LogP contribution is -2.38. The maximum Gasteiger partial charge on any atom is 0.119 e. The molecule has 160 valence electrons. The number of rotatable bonds is 6. The van der Waals surface area contributed by atoms with Crippen molar-refractivity contribution in [2.24, 2.45) is 0 Å². The number of benzene rings is 2. The average Bonchev–Trinajstić information content (AvgIpc) is 2.75. The smallest absolute Gasteiger partial charge is 0.119 e. The largest absolute Gasteiger partial charge is 0.492 e. The first-order chi connectivity index (χ1) is 14.5. The fourth-order valence-electron chi connectivity index (χ4n) is 4.09. The van der Waals surface area contributed by atoms with Crippen LogP contribution < -0.4 is 4.74 Å². The maximum atomic E-state index is 5.93. The zero-order valence-electron chi connectivity index (χ0n) is 18.4. The molecule has 0 bridgehead atoms. The summed E-state index contributed by atoms with van der Waals surface area (Å²) in [6.45, 7) is 12.3. The molecule has 0 N–H and O–H groups in total. The summed E-state index contributed by atoms with van der Waals surface area (Å²) in [6, 6.07) is 15.4. The van der Waals surface area contributed by atoms with Crippen LogP contribution in [0, 0.1) is 0 Å². The number of hydrogen-bond donors (Lipinski definition) is 0. The lowest BCUT2D eigenvalue weighted by atomic mass is 9.80. The molecule has 0 unspecified atom stereocenters. The molecule has 30 heavy (non-hydrogen) atoms. The Kier molecular flexibility index (Phi) is 6.87. The third-order valence-corrected chi connectivity index (χ3v) is 7.27. The summed E-state index contributed by atoms with van der Waals surface area (Å²) in [7, 11) is 0. The van der Waals surface area contributed by atoms with Crippen molar-refractivity contribution in [2.45, 2.75) is 37.5 Å². The Morgan fingerprint density at radius 3 is 2.67 bits per heavy atom. The van der Waals surface area contributed by atoms with Gasteiger partial charge in [0.15, 0.2) is 0 Å². The van der Waals surface area contributed by atoms with Gasteiger partial charge in [-0.1, -0.05) is 38.1 Å². The van der Waals surface area contributed by atoms with Crippen molar-refractivity contribution in [2.75, 3.05) is 45.2 Å². The fourth-order valence-corrected chi connectivity index (χ4v) is 5.58. The molecular formula is C26H33NO2S. The highest BCUT2D eigenvalue weighted by molar-refractivity contribution is 7.99. The van der Waals surface area contributed by atoms with Crippen LogP contribution in [0.15, 0.2) is 47.4 Å². The molecule has 3 nitrogen and oxygen atoms in total. The molecule has 1 saturated heterocycles. The van der Waals surface area contributed by atoms with Crippen LogP contribution in [-0.2, 0) is 10.2 Å². The van der Waals surface area contributed by atoms with Gasteiger partial charge in [-0.3, -0.25) is 4.90 Å². The van der Waals surface area contributed by atoms with E-state index in [2.05, 4.69) is 74.2 Å². The van der Waals surface area contributed by atoms with Crippen LogP contribution in [0.25, 0.3) is 11.6 Å². The Balaban J connectivity index is 1.38. The molecule has 2 heterocycles. The van der Waals surface area contributed by atoms with Gasteiger partial charge in [-0.25, -0.2) is 0 Å². The molecular weight excluding hydrogens is 390 g/mol. The molecule has 2 aromatic carbocycles. The van der Waals surface area contributed by atoms with E-state index in [1.165, 1.54) is 39.3 Å². The van der Waals surface area contributed by atoms with Crippen LogP contribution in [-0.4, -0.2) is 50.1 Å². The van der Waals surface area contributed by atoms with E-state index in [1.807, 2.05) is 11.8 Å². The third-order valence-electron chi connectivity index (χ3n) is 6.19. The molecule has 0 atom stereocenters. The number of fused-ring (bicyclic) bond motifs is 1. The Morgan fingerprint density at radius 1 is 1.13 bits per heavy atom. The summed E-state index contributed by atoms with van der Waals surface area (Å²) >= 11 is 1.99. The molecule has 2 aromatic rings. The van der Waals surface area contributed by atoms with Crippen LogP contribution in [0.5, 0.6) is 5.75 Å². The van der Waals surface area contributed by atoms with Crippen molar-refractivity contribution in [3.63, 3.8) is 0 Å². The van der Waals surface area contributed by atoms with Crippen molar-refractivity contribution in [1.29, 1.82) is 0 Å². The van der Waals surface area contributed by atoms with Crippen molar-refractivity contribution < 1.29 is 9.47 Å². The molecule has 0 aliphatic carbocycles. The molecule has 0 saturated carbocycles. The zero-order chi connectivity index (χ0) is 21.0. The van der Waals surface area contributed by atoms with Crippen molar-refractivity contribution in [3.05, 3.63) is 59.2 Å². The Bertz CT molecular complexity index is 882. The molecule has 4 heteroatoms. The molecule has 2 aliphatic heterocycles. The van der Waals surface area contributed by atoms with Crippen LogP contribution in [0.3, 0.4) is 0 Å². The van der Waals surface area contributed by atoms with Gasteiger partial charge in [-0.15, -0.1) is 11.8 Å². The van der Waals surface area contributed by atoms with Crippen molar-refractivity contribution >= 4 is 23.4 Å². The highest BCUT2D eigenvalue weighted by atomic mass is 32.2. The third kappa shape index (κ3) is 5.29. The Hall–Kier alpha value is -1.75. The number of hydrogen-bond acceptors (Lipinski definition) is 4. The predicted molar refractivity (Wildman–Crippen MR) is 128 cm³/mol. The first kappa shape index (κ1) is 21.5. The van der Waals surface area contributed by atoms with E-state index in [1.54, 1.807) is 0 Å². The molecule has 2 aliphatic rings. The van der Waals surface area contributed by atoms with Crippen LogP contribution in [0.4, 0.5) is 0 Å². The number of ether oxygens (including phenoxy) is 2. The lowest BCUT2D eigenvalue weighted by Gasteiger charge is -2.32. The van der Waals surface area contributed by atoms with Crippen LogP contribution >= 0.6 is 11.8 Å². The molecule has 0 amide bonds. The predicted octanol–water partition coefficient (Wildman–Crippen LogP) is 5.73. The van der Waals surface area contributed by atoms with E-state index in [4.69, 9.17) is 9.47 Å². The standard InChI is InChI=1S/C26H33NO2S/c1-20(22-6-9-25-24(19-22)26(2,3)10-17-30-25)18-21-4-7-23(8-5-21)29-16-13-27-11-14-28-15-12-27/h4-9,18-19H,10-17H2,1-3H3. The van der Waals surface area contributed by atoms with E-state index in [0.717, 1.165) is 45.2 Å². The van der Waals surface area contributed by atoms with Gasteiger partial charge in [0.05, 0.1) is 13.2 Å². The normalized spacial score (nSPS) is 19.4.